The molecule has 0 saturated carbocycles. The smallest absolute Gasteiger partial charge is 0.262 e. The molecule has 5 aromatic rings. The summed E-state index contributed by atoms with van der Waals surface area (Å²) < 4.78 is 5.97. The second-order valence-electron chi connectivity index (χ2n) is 8.89. The molecule has 4 nitrogen and oxygen atoms in total. The SMILES string of the molecule is O=C1c2ccccc2N[C@H](c2cc(Cl)c(OCc3ccccc3)c(Cl)c2)N1c1ccc2ccccc2c1. The van der Waals surface area contributed by atoms with Crippen molar-refractivity contribution in [3.63, 3.8) is 0 Å². The Bertz CT molecular complexity index is 1600. The van der Waals surface area contributed by atoms with E-state index in [4.69, 9.17) is 27.9 Å². The number of nitrogens with one attached hydrogen (secondary N) is 1. The largest absolute Gasteiger partial charge is 0.486 e. The number of carbonyl (C=O) groups is 1. The summed E-state index contributed by atoms with van der Waals surface area (Å²) >= 11 is 13.4. The highest BCUT2D eigenvalue weighted by molar-refractivity contribution is 6.37. The van der Waals surface area contributed by atoms with E-state index in [0.717, 1.165) is 33.3 Å². The van der Waals surface area contributed by atoms with E-state index in [-0.39, 0.29) is 5.91 Å². The number of hydrogen-bond acceptors (Lipinski definition) is 3. The Kier molecular flexibility index (Phi) is 6.21. The summed E-state index contributed by atoms with van der Waals surface area (Å²) in [5.74, 6) is 0.307. The van der Waals surface area contributed by atoms with Gasteiger partial charge in [-0.15, -0.1) is 0 Å². The summed E-state index contributed by atoms with van der Waals surface area (Å²) in [6.07, 6.45) is -0.526. The number of para-hydroxylation sites is 1. The van der Waals surface area contributed by atoms with Crippen molar-refractivity contribution in [2.24, 2.45) is 0 Å². The number of benzene rings is 5. The molecule has 1 atom stereocenters. The van der Waals surface area contributed by atoms with E-state index >= 15 is 0 Å². The van der Waals surface area contributed by atoms with Gasteiger partial charge in [-0.25, -0.2) is 0 Å². The average molecular weight is 525 g/mol. The number of halogens is 2. The van der Waals surface area contributed by atoms with E-state index in [1.165, 1.54) is 0 Å². The molecule has 6 rings (SSSR count). The fraction of sp³-hybridized carbons (Fsp3) is 0.0645. The van der Waals surface area contributed by atoms with Gasteiger partial charge in [0.2, 0.25) is 0 Å². The molecule has 37 heavy (non-hydrogen) atoms. The molecule has 0 bridgehead atoms. The van der Waals surface area contributed by atoms with Gasteiger partial charge in [-0.05, 0) is 58.3 Å². The monoisotopic (exact) mass is 524 g/mol. The summed E-state index contributed by atoms with van der Waals surface area (Å²) in [7, 11) is 0. The van der Waals surface area contributed by atoms with Gasteiger partial charge in [-0.1, -0.05) is 96.0 Å². The van der Waals surface area contributed by atoms with Crippen LogP contribution in [0.2, 0.25) is 10.0 Å². The van der Waals surface area contributed by atoms with Crippen molar-refractivity contribution >= 4 is 51.3 Å². The molecule has 0 fully saturated rings. The van der Waals surface area contributed by atoms with E-state index in [1.54, 1.807) is 17.0 Å². The lowest BCUT2D eigenvalue weighted by Gasteiger charge is -2.38. The Morgan fingerprint density at radius 1 is 0.757 bits per heavy atom. The molecule has 0 saturated heterocycles. The van der Waals surface area contributed by atoms with E-state index in [0.29, 0.717) is 28.0 Å². The number of anilines is 2. The van der Waals surface area contributed by atoms with Crippen molar-refractivity contribution in [1.29, 1.82) is 0 Å². The predicted octanol–water partition coefficient (Wildman–Crippen LogP) is 8.50. The number of amides is 1. The van der Waals surface area contributed by atoms with Crippen molar-refractivity contribution in [2.45, 2.75) is 12.8 Å². The van der Waals surface area contributed by atoms with Gasteiger partial charge in [-0.3, -0.25) is 9.69 Å². The molecule has 1 heterocycles. The number of fused-ring (bicyclic) bond motifs is 2. The Morgan fingerprint density at radius 3 is 2.22 bits per heavy atom. The fourth-order valence-corrected chi connectivity index (χ4v) is 5.30. The molecule has 182 valence electrons. The molecule has 1 aliphatic heterocycles. The van der Waals surface area contributed by atoms with E-state index in [2.05, 4.69) is 11.4 Å². The first-order valence-electron chi connectivity index (χ1n) is 11.9. The first-order valence-corrected chi connectivity index (χ1v) is 12.7. The summed E-state index contributed by atoms with van der Waals surface area (Å²) in [6, 6.07) is 35.0. The van der Waals surface area contributed by atoms with Crippen LogP contribution in [-0.2, 0) is 6.61 Å². The molecular weight excluding hydrogens is 503 g/mol. The zero-order chi connectivity index (χ0) is 25.4. The summed E-state index contributed by atoms with van der Waals surface area (Å²) in [4.78, 5) is 15.6. The standard InChI is InChI=1S/C31H22Cl2N2O2/c32-26-17-23(18-27(33)29(26)37-19-20-8-2-1-3-9-20)30-34-28-13-7-6-12-25(28)31(36)35(30)24-15-14-21-10-4-5-11-22(21)16-24/h1-18,30,34H,19H2/t30-/m0/s1. The van der Waals surface area contributed by atoms with Crippen molar-refractivity contribution in [2.75, 3.05) is 10.2 Å². The minimum atomic E-state index is -0.526. The Hall–Kier alpha value is -3.99. The van der Waals surface area contributed by atoms with Crippen LogP contribution in [0.25, 0.3) is 10.8 Å². The third kappa shape index (κ3) is 4.50. The van der Waals surface area contributed by atoms with Crippen LogP contribution in [0.15, 0.2) is 109 Å². The zero-order valence-electron chi connectivity index (χ0n) is 19.7. The topological polar surface area (TPSA) is 41.6 Å². The summed E-state index contributed by atoms with van der Waals surface area (Å²) in [6.45, 7) is 0.344. The third-order valence-corrected chi connectivity index (χ3v) is 7.06. The van der Waals surface area contributed by atoms with E-state index in [1.807, 2.05) is 91.0 Å². The number of ether oxygens (including phenoxy) is 1. The maximum absolute atomic E-state index is 13.8. The lowest BCUT2D eigenvalue weighted by Crippen LogP contribution is -2.43. The van der Waals surface area contributed by atoms with Gasteiger partial charge in [0.05, 0.1) is 15.6 Å². The minimum absolute atomic E-state index is 0.105. The van der Waals surface area contributed by atoms with Gasteiger partial charge in [0.1, 0.15) is 12.8 Å². The lowest BCUT2D eigenvalue weighted by atomic mass is 10.0. The number of nitrogens with zero attached hydrogens (tertiary/aromatic N) is 1. The molecule has 5 aromatic carbocycles. The van der Waals surface area contributed by atoms with Gasteiger partial charge >= 0.3 is 0 Å². The average Bonchev–Trinajstić information content (AvgIpc) is 2.93. The number of rotatable bonds is 5. The normalized spacial score (nSPS) is 14.8. The second-order valence-corrected chi connectivity index (χ2v) is 9.70. The van der Waals surface area contributed by atoms with Crippen LogP contribution in [0.5, 0.6) is 5.75 Å². The Balaban J connectivity index is 1.40. The third-order valence-electron chi connectivity index (χ3n) is 6.50. The first kappa shape index (κ1) is 23.4. The summed E-state index contributed by atoms with van der Waals surface area (Å²) in [5.41, 5.74) is 3.89. The van der Waals surface area contributed by atoms with E-state index < -0.39 is 6.17 Å². The van der Waals surface area contributed by atoms with Crippen LogP contribution in [0.3, 0.4) is 0 Å². The molecular formula is C31H22Cl2N2O2. The second kappa shape index (κ2) is 9.81. The van der Waals surface area contributed by atoms with Crippen LogP contribution in [0, 0.1) is 0 Å². The molecule has 0 aliphatic carbocycles. The molecule has 1 amide bonds. The van der Waals surface area contributed by atoms with Crippen LogP contribution < -0.4 is 15.0 Å². The predicted molar refractivity (Wildman–Crippen MR) is 151 cm³/mol. The van der Waals surface area contributed by atoms with Crippen LogP contribution in [0.1, 0.15) is 27.7 Å². The Morgan fingerprint density at radius 2 is 1.43 bits per heavy atom. The molecule has 0 unspecified atom stereocenters. The highest BCUT2D eigenvalue weighted by Gasteiger charge is 2.34. The molecule has 0 spiro atoms. The van der Waals surface area contributed by atoms with Gasteiger partial charge in [0.15, 0.2) is 5.75 Å². The van der Waals surface area contributed by atoms with Crippen molar-refractivity contribution in [1.82, 2.24) is 0 Å². The molecule has 0 aromatic heterocycles. The van der Waals surface area contributed by atoms with Gasteiger partial charge in [0, 0.05) is 11.4 Å². The minimum Gasteiger partial charge on any atom is -0.486 e. The highest BCUT2D eigenvalue weighted by atomic mass is 35.5. The maximum Gasteiger partial charge on any atom is 0.262 e. The van der Waals surface area contributed by atoms with Gasteiger partial charge < -0.3 is 10.1 Å². The zero-order valence-corrected chi connectivity index (χ0v) is 21.2. The Labute approximate surface area is 225 Å². The van der Waals surface area contributed by atoms with Crippen LogP contribution >= 0.6 is 23.2 Å². The highest BCUT2D eigenvalue weighted by Crippen LogP contribution is 2.42. The molecule has 1 N–H and O–H groups in total. The molecule has 1 aliphatic rings. The summed E-state index contributed by atoms with van der Waals surface area (Å²) in [5, 5.41) is 6.43. The maximum atomic E-state index is 13.8. The van der Waals surface area contributed by atoms with Crippen LogP contribution in [-0.4, -0.2) is 5.91 Å². The number of carbonyl (C=O) groups excluding carboxylic acids is 1. The van der Waals surface area contributed by atoms with Crippen molar-refractivity contribution in [3.8, 4) is 5.75 Å². The van der Waals surface area contributed by atoms with Crippen molar-refractivity contribution in [3.05, 3.63) is 136 Å². The molecule has 0 radical (unpaired) electrons. The quantitative estimate of drug-likeness (QED) is 0.250. The first-order chi connectivity index (χ1) is 18.1. The number of hydrogen-bond donors (Lipinski definition) is 1. The van der Waals surface area contributed by atoms with E-state index in [9.17, 15) is 4.79 Å². The lowest BCUT2D eigenvalue weighted by molar-refractivity contribution is 0.0975. The van der Waals surface area contributed by atoms with Gasteiger partial charge in [-0.2, -0.15) is 0 Å². The van der Waals surface area contributed by atoms with Crippen molar-refractivity contribution < 1.29 is 9.53 Å². The van der Waals surface area contributed by atoms with Crippen LogP contribution in [0.4, 0.5) is 11.4 Å². The fourth-order valence-electron chi connectivity index (χ4n) is 4.68. The molecule has 6 heteroatoms. The van der Waals surface area contributed by atoms with Gasteiger partial charge in [0.25, 0.3) is 5.91 Å².